The van der Waals surface area contributed by atoms with Crippen LogP contribution >= 0.6 is 15.9 Å². The molecule has 6 heteroatoms. The van der Waals surface area contributed by atoms with Crippen LogP contribution in [0.25, 0.3) is 11.3 Å². The van der Waals surface area contributed by atoms with Crippen LogP contribution in [-0.4, -0.2) is 33.1 Å². The number of nitrogens with zero attached hydrogens (tertiary/aromatic N) is 2. The van der Waals surface area contributed by atoms with Crippen molar-refractivity contribution >= 4 is 22.0 Å². The van der Waals surface area contributed by atoms with Gasteiger partial charge in [0.2, 0.25) is 0 Å². The molecule has 1 fully saturated rings. The van der Waals surface area contributed by atoms with Crippen LogP contribution in [-0.2, 0) is 4.74 Å². The Kier molecular flexibility index (Phi) is 4.67. The summed E-state index contributed by atoms with van der Waals surface area (Å²) < 4.78 is 6.56. The second-order valence-electron chi connectivity index (χ2n) is 7.01. The molecule has 1 saturated heterocycles. The van der Waals surface area contributed by atoms with Gasteiger partial charge in [-0.05, 0) is 45.7 Å². The number of H-pyrrole nitrogens is 1. The van der Waals surface area contributed by atoms with E-state index in [-0.39, 0.29) is 12.1 Å². The third-order valence-corrected chi connectivity index (χ3v) is 4.47. The lowest BCUT2D eigenvalue weighted by atomic mass is 10.0. The maximum atomic E-state index is 12.5. The number of halogens is 1. The summed E-state index contributed by atoms with van der Waals surface area (Å²) in [5, 5.41) is 0. The fourth-order valence-corrected chi connectivity index (χ4v) is 3.43. The summed E-state index contributed by atoms with van der Waals surface area (Å²) in [5.74, 6) is 0. The smallest absolute Gasteiger partial charge is 0.410 e. The van der Waals surface area contributed by atoms with Crippen molar-refractivity contribution in [2.45, 2.75) is 45.3 Å². The third-order valence-electron chi connectivity index (χ3n) is 3.98. The van der Waals surface area contributed by atoms with E-state index >= 15 is 0 Å². The van der Waals surface area contributed by atoms with Crippen LogP contribution in [0.3, 0.4) is 0 Å². The maximum Gasteiger partial charge on any atom is 0.410 e. The second kappa shape index (κ2) is 6.59. The molecule has 2 aromatic rings. The molecule has 0 saturated carbocycles. The molecule has 0 spiro atoms. The van der Waals surface area contributed by atoms with E-state index in [1.54, 1.807) is 11.2 Å². The number of aromatic nitrogens is 2. The molecule has 1 atom stereocenters. The van der Waals surface area contributed by atoms with E-state index in [9.17, 15) is 4.79 Å². The molecule has 3 rings (SSSR count). The van der Waals surface area contributed by atoms with Gasteiger partial charge >= 0.3 is 6.09 Å². The minimum absolute atomic E-state index is 0.0312. The molecule has 2 heterocycles. The lowest BCUT2D eigenvalue weighted by Crippen LogP contribution is -2.36. The molecular formula is C18H22BrN3O2. The molecule has 1 aliphatic heterocycles. The first-order valence-corrected chi connectivity index (χ1v) is 8.93. The molecule has 0 radical (unpaired) electrons. The number of benzene rings is 1. The van der Waals surface area contributed by atoms with Crippen molar-refractivity contribution in [1.29, 1.82) is 0 Å². The molecular weight excluding hydrogens is 370 g/mol. The number of hydrogen-bond acceptors (Lipinski definition) is 3. The topological polar surface area (TPSA) is 58.2 Å². The highest BCUT2D eigenvalue weighted by atomic mass is 79.9. The van der Waals surface area contributed by atoms with E-state index in [0.29, 0.717) is 6.54 Å². The van der Waals surface area contributed by atoms with E-state index in [0.717, 1.165) is 34.3 Å². The van der Waals surface area contributed by atoms with Crippen molar-refractivity contribution in [2.24, 2.45) is 0 Å². The van der Waals surface area contributed by atoms with Gasteiger partial charge in [0, 0.05) is 16.6 Å². The number of hydrogen-bond donors (Lipinski definition) is 1. The summed E-state index contributed by atoms with van der Waals surface area (Å²) >= 11 is 3.50. The Hall–Kier alpha value is -1.82. The van der Waals surface area contributed by atoms with Gasteiger partial charge in [-0.2, -0.15) is 0 Å². The molecule has 1 aromatic heterocycles. The fourth-order valence-electron chi connectivity index (χ4n) is 3.03. The molecule has 1 aliphatic rings. The number of carbonyl (C=O) groups excluding carboxylic acids is 1. The van der Waals surface area contributed by atoms with Crippen molar-refractivity contribution in [3.8, 4) is 11.3 Å². The zero-order valence-corrected chi connectivity index (χ0v) is 15.8. The van der Waals surface area contributed by atoms with Gasteiger partial charge in [-0.3, -0.25) is 4.90 Å². The first-order valence-electron chi connectivity index (χ1n) is 8.14. The van der Waals surface area contributed by atoms with Crippen LogP contribution < -0.4 is 0 Å². The van der Waals surface area contributed by atoms with Crippen molar-refractivity contribution in [3.63, 3.8) is 0 Å². The monoisotopic (exact) mass is 391 g/mol. The van der Waals surface area contributed by atoms with Gasteiger partial charge in [-0.25, -0.2) is 9.78 Å². The molecule has 0 aliphatic carbocycles. The number of ether oxygens (including phenoxy) is 1. The summed E-state index contributed by atoms with van der Waals surface area (Å²) in [6.07, 6.45) is 3.29. The average molecular weight is 392 g/mol. The van der Waals surface area contributed by atoms with Gasteiger partial charge in [0.25, 0.3) is 0 Å². The Morgan fingerprint density at radius 3 is 2.92 bits per heavy atom. The molecule has 0 bridgehead atoms. The molecule has 128 valence electrons. The minimum Gasteiger partial charge on any atom is -0.444 e. The Labute approximate surface area is 150 Å². The molecule has 1 N–H and O–H groups in total. The Morgan fingerprint density at radius 1 is 1.42 bits per heavy atom. The van der Waals surface area contributed by atoms with Gasteiger partial charge in [-0.1, -0.05) is 28.1 Å². The summed E-state index contributed by atoms with van der Waals surface area (Å²) in [6.45, 7) is 6.37. The molecule has 5 nitrogen and oxygen atoms in total. The summed E-state index contributed by atoms with van der Waals surface area (Å²) in [4.78, 5) is 22.1. The first-order chi connectivity index (χ1) is 11.3. The fraction of sp³-hybridized carbons (Fsp3) is 0.444. The standard InChI is InChI=1S/C18H22BrN3O2/c1-18(2,3)24-17(23)22-9-5-8-14(22)16-15(20-11-21-16)12-6-4-7-13(19)10-12/h4,6-7,10-11,14H,5,8-9H2,1-3H3,(H,20,21)/t14-/m0/s1. The van der Waals surface area contributed by atoms with E-state index < -0.39 is 5.60 Å². The van der Waals surface area contributed by atoms with E-state index in [1.165, 1.54) is 0 Å². The summed E-state index contributed by atoms with van der Waals surface area (Å²) in [5.41, 5.74) is 2.38. The molecule has 24 heavy (non-hydrogen) atoms. The zero-order chi connectivity index (χ0) is 17.3. The third kappa shape index (κ3) is 3.64. The van der Waals surface area contributed by atoms with Gasteiger partial charge < -0.3 is 9.72 Å². The quantitative estimate of drug-likeness (QED) is 0.790. The normalized spacial score (nSPS) is 18.0. The highest BCUT2D eigenvalue weighted by molar-refractivity contribution is 9.10. The van der Waals surface area contributed by atoms with Gasteiger partial charge in [0.05, 0.1) is 23.8 Å². The van der Waals surface area contributed by atoms with Crippen LogP contribution in [0.1, 0.15) is 45.3 Å². The summed E-state index contributed by atoms with van der Waals surface area (Å²) in [6, 6.07) is 8.00. The molecule has 0 unspecified atom stereocenters. The molecule has 1 amide bonds. The number of likely N-dealkylation sites (tertiary alicyclic amines) is 1. The largest absolute Gasteiger partial charge is 0.444 e. The predicted octanol–water partition coefficient (Wildman–Crippen LogP) is 4.91. The lowest BCUT2D eigenvalue weighted by Gasteiger charge is -2.28. The maximum absolute atomic E-state index is 12.5. The van der Waals surface area contributed by atoms with Gasteiger partial charge in [-0.15, -0.1) is 0 Å². The Morgan fingerprint density at radius 2 is 2.21 bits per heavy atom. The van der Waals surface area contributed by atoms with E-state index in [2.05, 4.69) is 25.9 Å². The number of carbonyl (C=O) groups is 1. The van der Waals surface area contributed by atoms with Crippen LogP contribution in [0.4, 0.5) is 4.79 Å². The first kappa shape index (κ1) is 17.0. The Bertz CT molecular complexity index is 736. The van der Waals surface area contributed by atoms with Crippen molar-refractivity contribution < 1.29 is 9.53 Å². The molecule has 1 aromatic carbocycles. The van der Waals surface area contributed by atoms with Crippen LogP contribution in [0.15, 0.2) is 35.1 Å². The van der Waals surface area contributed by atoms with Crippen molar-refractivity contribution in [3.05, 3.63) is 40.8 Å². The SMILES string of the molecule is CC(C)(C)OC(=O)N1CCC[C@H]1c1[nH]cnc1-c1cccc(Br)c1. The Balaban J connectivity index is 1.89. The van der Waals surface area contributed by atoms with Gasteiger partial charge in [0.1, 0.15) is 5.60 Å². The second-order valence-corrected chi connectivity index (χ2v) is 7.92. The lowest BCUT2D eigenvalue weighted by molar-refractivity contribution is 0.0222. The average Bonchev–Trinajstić information content (AvgIpc) is 3.14. The van der Waals surface area contributed by atoms with Crippen molar-refractivity contribution in [1.82, 2.24) is 14.9 Å². The number of imidazole rings is 1. The van der Waals surface area contributed by atoms with Crippen molar-refractivity contribution in [2.75, 3.05) is 6.54 Å². The highest BCUT2D eigenvalue weighted by Gasteiger charge is 2.35. The minimum atomic E-state index is -0.495. The van der Waals surface area contributed by atoms with Crippen LogP contribution in [0, 0.1) is 0 Å². The van der Waals surface area contributed by atoms with E-state index in [1.807, 2.05) is 45.0 Å². The number of rotatable bonds is 2. The highest BCUT2D eigenvalue weighted by Crippen LogP contribution is 2.37. The number of nitrogens with one attached hydrogen (secondary N) is 1. The van der Waals surface area contributed by atoms with Crippen LogP contribution in [0.2, 0.25) is 0 Å². The van der Waals surface area contributed by atoms with E-state index in [4.69, 9.17) is 4.74 Å². The van der Waals surface area contributed by atoms with Crippen LogP contribution in [0.5, 0.6) is 0 Å². The predicted molar refractivity (Wildman–Crippen MR) is 96.6 cm³/mol. The van der Waals surface area contributed by atoms with Gasteiger partial charge in [0.15, 0.2) is 0 Å². The zero-order valence-electron chi connectivity index (χ0n) is 14.2. The number of amides is 1. The summed E-state index contributed by atoms with van der Waals surface area (Å²) in [7, 11) is 0. The number of aromatic amines is 1.